The molecule has 26 heavy (non-hydrogen) atoms. The topological polar surface area (TPSA) is 15.6 Å². The lowest BCUT2D eigenvalue weighted by Gasteiger charge is -2.33. The van der Waals surface area contributed by atoms with Gasteiger partial charge in [-0.05, 0) is 36.6 Å². The van der Waals surface area contributed by atoms with Gasteiger partial charge in [0.15, 0.2) is 0 Å². The van der Waals surface area contributed by atoms with Gasteiger partial charge >= 0.3 is 6.18 Å². The van der Waals surface area contributed by atoms with Crippen molar-refractivity contribution >= 4 is 17.1 Å². The van der Waals surface area contributed by atoms with Crippen molar-refractivity contribution in [3.63, 3.8) is 0 Å². The van der Waals surface area contributed by atoms with Crippen LogP contribution in [0.3, 0.4) is 0 Å². The minimum absolute atomic E-state index is 0.00916. The van der Waals surface area contributed by atoms with Crippen LogP contribution in [-0.4, -0.2) is 23.2 Å². The molecule has 2 nitrogen and oxygen atoms in total. The van der Waals surface area contributed by atoms with Crippen molar-refractivity contribution in [2.24, 2.45) is 4.99 Å². The summed E-state index contributed by atoms with van der Waals surface area (Å²) < 4.78 is 39.8. The molecule has 0 aromatic heterocycles. The second-order valence-electron chi connectivity index (χ2n) is 6.71. The van der Waals surface area contributed by atoms with Gasteiger partial charge < -0.3 is 4.90 Å². The first-order valence-corrected chi connectivity index (χ1v) is 8.80. The fourth-order valence-electron chi connectivity index (χ4n) is 3.81. The molecule has 0 radical (unpaired) electrons. The summed E-state index contributed by atoms with van der Waals surface area (Å²) in [5.41, 5.74) is 2.16. The van der Waals surface area contributed by atoms with E-state index >= 15 is 0 Å². The van der Waals surface area contributed by atoms with E-state index in [1.54, 1.807) is 6.07 Å². The molecule has 2 aromatic rings. The fourth-order valence-corrected chi connectivity index (χ4v) is 3.81. The number of hydrogen-bond donors (Lipinski definition) is 0. The molecule has 2 aliphatic heterocycles. The van der Waals surface area contributed by atoms with Crippen LogP contribution in [0.4, 0.5) is 18.9 Å². The van der Waals surface area contributed by atoms with Crippen LogP contribution < -0.4 is 0 Å². The lowest BCUT2D eigenvalue weighted by atomic mass is 9.98. The van der Waals surface area contributed by atoms with Crippen LogP contribution in [0.5, 0.6) is 0 Å². The summed E-state index contributed by atoms with van der Waals surface area (Å²) in [4.78, 5) is 6.78. The first kappa shape index (κ1) is 16.9. The van der Waals surface area contributed by atoms with Crippen molar-refractivity contribution < 1.29 is 13.2 Å². The maximum absolute atomic E-state index is 13.3. The third kappa shape index (κ3) is 3.26. The van der Waals surface area contributed by atoms with Crippen LogP contribution in [0.2, 0.25) is 0 Å². The number of halogens is 3. The van der Waals surface area contributed by atoms with E-state index in [0.29, 0.717) is 18.2 Å². The third-order valence-electron chi connectivity index (χ3n) is 4.98. The quantitative estimate of drug-likeness (QED) is 0.675. The molecule has 0 unspecified atom stereocenters. The molecule has 2 aromatic carbocycles. The van der Waals surface area contributed by atoms with Gasteiger partial charge in [0.25, 0.3) is 0 Å². The SMILES string of the molecule is FC(F)(F)c1ccccc1N=C1C=C(c2ccccc2)N2CCC[C@@H]2C1. The van der Waals surface area contributed by atoms with E-state index in [9.17, 15) is 13.2 Å². The Morgan fingerprint density at radius 3 is 2.46 bits per heavy atom. The number of hydrogen-bond acceptors (Lipinski definition) is 2. The van der Waals surface area contributed by atoms with Crippen molar-refractivity contribution in [3.8, 4) is 0 Å². The molecule has 134 valence electrons. The van der Waals surface area contributed by atoms with Gasteiger partial charge in [0.2, 0.25) is 0 Å². The number of aliphatic imine (C=N–C) groups is 1. The average molecular weight is 356 g/mol. The van der Waals surface area contributed by atoms with Gasteiger partial charge in [0, 0.05) is 30.4 Å². The number of alkyl halides is 3. The van der Waals surface area contributed by atoms with Crippen molar-refractivity contribution in [1.29, 1.82) is 0 Å². The summed E-state index contributed by atoms with van der Waals surface area (Å²) in [5.74, 6) is 0. The molecule has 0 amide bonds. The highest BCUT2D eigenvalue weighted by Gasteiger charge is 2.34. The predicted octanol–water partition coefficient (Wildman–Crippen LogP) is 5.69. The Morgan fingerprint density at radius 1 is 0.962 bits per heavy atom. The van der Waals surface area contributed by atoms with E-state index in [4.69, 9.17) is 0 Å². The normalized spacial score (nSPS) is 21.7. The zero-order valence-electron chi connectivity index (χ0n) is 14.2. The predicted molar refractivity (Wildman–Crippen MR) is 97.3 cm³/mol. The Balaban J connectivity index is 1.78. The van der Waals surface area contributed by atoms with Crippen molar-refractivity contribution in [3.05, 3.63) is 71.8 Å². The molecule has 4 rings (SSSR count). The standard InChI is InChI=1S/C21H19F3N2/c22-21(23,24)18-10-4-5-11-19(18)25-16-13-17-9-6-12-26(17)20(14-16)15-7-2-1-3-8-15/h1-5,7-8,10-11,14,17H,6,9,12-13H2/t17-/m1/s1. The molecule has 1 atom stereocenters. The Morgan fingerprint density at radius 2 is 1.69 bits per heavy atom. The molecule has 2 aliphatic rings. The monoisotopic (exact) mass is 356 g/mol. The summed E-state index contributed by atoms with van der Waals surface area (Å²) >= 11 is 0. The first-order valence-electron chi connectivity index (χ1n) is 8.80. The summed E-state index contributed by atoms with van der Waals surface area (Å²) in [6.45, 7) is 0.984. The van der Waals surface area contributed by atoms with E-state index in [1.807, 2.05) is 36.4 Å². The largest absolute Gasteiger partial charge is 0.418 e. The van der Waals surface area contributed by atoms with Gasteiger partial charge in [-0.1, -0.05) is 42.5 Å². The Bertz CT molecular complexity index is 853. The van der Waals surface area contributed by atoms with Crippen LogP contribution in [0.15, 0.2) is 65.7 Å². The zero-order chi connectivity index (χ0) is 18.1. The number of benzene rings is 2. The zero-order valence-corrected chi connectivity index (χ0v) is 14.2. The lowest BCUT2D eigenvalue weighted by Crippen LogP contribution is -2.33. The summed E-state index contributed by atoms with van der Waals surface area (Å²) in [6.07, 6.45) is 0.374. The maximum atomic E-state index is 13.3. The summed E-state index contributed by atoms with van der Waals surface area (Å²) in [6, 6.07) is 15.8. The summed E-state index contributed by atoms with van der Waals surface area (Å²) in [5, 5.41) is 0. The van der Waals surface area contributed by atoms with E-state index in [2.05, 4.69) is 9.89 Å². The molecule has 0 aliphatic carbocycles. The van der Waals surface area contributed by atoms with E-state index in [1.165, 1.54) is 12.1 Å². The fraction of sp³-hybridized carbons (Fsp3) is 0.286. The van der Waals surface area contributed by atoms with Crippen LogP contribution >= 0.6 is 0 Å². The second kappa shape index (κ2) is 6.63. The molecule has 0 saturated carbocycles. The lowest BCUT2D eigenvalue weighted by molar-refractivity contribution is -0.137. The minimum atomic E-state index is -4.40. The highest BCUT2D eigenvalue weighted by Crippen LogP contribution is 2.38. The van der Waals surface area contributed by atoms with Gasteiger partial charge in [-0.3, -0.25) is 4.99 Å². The highest BCUT2D eigenvalue weighted by atomic mass is 19.4. The first-order chi connectivity index (χ1) is 12.5. The summed E-state index contributed by atoms with van der Waals surface area (Å²) in [7, 11) is 0. The average Bonchev–Trinajstić information content (AvgIpc) is 3.10. The van der Waals surface area contributed by atoms with Crippen molar-refractivity contribution in [2.45, 2.75) is 31.5 Å². The third-order valence-corrected chi connectivity index (χ3v) is 4.98. The van der Waals surface area contributed by atoms with Crippen molar-refractivity contribution in [1.82, 2.24) is 4.90 Å². The Hall–Kier alpha value is -2.56. The maximum Gasteiger partial charge on any atom is 0.418 e. The number of rotatable bonds is 2. The van der Waals surface area contributed by atoms with E-state index < -0.39 is 11.7 Å². The second-order valence-corrected chi connectivity index (χ2v) is 6.71. The molecular weight excluding hydrogens is 337 g/mol. The van der Waals surface area contributed by atoms with Crippen LogP contribution in [0.25, 0.3) is 5.70 Å². The van der Waals surface area contributed by atoms with Gasteiger partial charge in [-0.15, -0.1) is 0 Å². The molecule has 0 N–H and O–H groups in total. The number of nitrogens with zero attached hydrogens (tertiary/aromatic N) is 2. The number of allylic oxidation sites excluding steroid dienone is 1. The van der Waals surface area contributed by atoms with Gasteiger partial charge in [0.1, 0.15) is 0 Å². The molecular formula is C21H19F3N2. The molecule has 0 spiro atoms. The Labute approximate surface area is 150 Å². The molecule has 5 heteroatoms. The van der Waals surface area contributed by atoms with Gasteiger partial charge in [0.05, 0.1) is 11.3 Å². The molecule has 1 saturated heterocycles. The van der Waals surface area contributed by atoms with Crippen LogP contribution in [0.1, 0.15) is 30.4 Å². The molecule has 1 fully saturated rings. The Kier molecular flexibility index (Phi) is 4.31. The molecule has 2 heterocycles. The van der Waals surface area contributed by atoms with Crippen LogP contribution in [0, 0.1) is 0 Å². The smallest absolute Gasteiger partial charge is 0.368 e. The molecule has 0 bridgehead atoms. The van der Waals surface area contributed by atoms with E-state index in [0.717, 1.165) is 36.7 Å². The van der Waals surface area contributed by atoms with Gasteiger partial charge in [-0.2, -0.15) is 13.2 Å². The van der Waals surface area contributed by atoms with E-state index in [-0.39, 0.29) is 5.69 Å². The van der Waals surface area contributed by atoms with Gasteiger partial charge in [-0.25, -0.2) is 0 Å². The minimum Gasteiger partial charge on any atom is -0.368 e. The van der Waals surface area contributed by atoms with Crippen LogP contribution in [-0.2, 0) is 6.18 Å². The number of para-hydroxylation sites is 1. The highest BCUT2D eigenvalue weighted by molar-refractivity contribution is 6.04. The number of fused-ring (bicyclic) bond motifs is 1. The van der Waals surface area contributed by atoms with Crippen molar-refractivity contribution in [2.75, 3.05) is 6.54 Å².